The summed E-state index contributed by atoms with van der Waals surface area (Å²) in [6.45, 7) is 5.69. The van der Waals surface area contributed by atoms with Crippen LogP contribution in [0.2, 0.25) is 5.02 Å². The van der Waals surface area contributed by atoms with E-state index in [1.54, 1.807) is 0 Å². The molecule has 0 aliphatic heterocycles. The fraction of sp³-hybridized carbons (Fsp3) is 0.455. The molecule has 1 aromatic carbocycles. The Morgan fingerprint density at radius 3 is 2.39 bits per heavy atom. The predicted molar refractivity (Wildman–Crippen MR) is 78.2 cm³/mol. The monoisotopic (exact) mass is 354 g/mol. The third-order valence-corrected chi connectivity index (χ3v) is 5.61. The minimum absolute atomic E-state index is 0.0556. The van der Waals surface area contributed by atoms with Crippen molar-refractivity contribution in [1.29, 1.82) is 0 Å². The van der Waals surface area contributed by atoms with Crippen LogP contribution in [0.5, 0.6) is 0 Å². The molecule has 1 rings (SSSR count). The summed E-state index contributed by atoms with van der Waals surface area (Å²) >= 11 is 9.01. The Balaban J connectivity index is 3.21. The minimum atomic E-state index is -3.64. The van der Waals surface area contributed by atoms with Crippen molar-refractivity contribution < 1.29 is 8.42 Å². The Morgan fingerprint density at radius 1 is 1.33 bits per heavy atom. The van der Waals surface area contributed by atoms with Gasteiger partial charge in [0, 0.05) is 16.8 Å². The van der Waals surface area contributed by atoms with Crippen molar-refractivity contribution in [3.8, 4) is 0 Å². The molecule has 7 heteroatoms. The van der Waals surface area contributed by atoms with E-state index in [0.717, 1.165) is 0 Å². The lowest BCUT2D eigenvalue weighted by Crippen LogP contribution is -2.36. The van der Waals surface area contributed by atoms with Gasteiger partial charge in [0.2, 0.25) is 10.0 Å². The van der Waals surface area contributed by atoms with Crippen LogP contribution in [0.3, 0.4) is 0 Å². The average Bonchev–Trinajstić information content (AvgIpc) is 2.22. The maximum atomic E-state index is 12.2. The molecule has 3 N–H and O–H groups in total. The van der Waals surface area contributed by atoms with E-state index in [0.29, 0.717) is 10.2 Å². The van der Waals surface area contributed by atoms with E-state index >= 15 is 0 Å². The zero-order chi connectivity index (χ0) is 14.1. The Labute approximate surface area is 121 Å². The molecule has 0 radical (unpaired) electrons. The van der Waals surface area contributed by atoms with Gasteiger partial charge in [0.15, 0.2) is 0 Å². The standard InChI is InChI=1S/C11H16BrClN2O2S/c1-6(2)7(3)15-18(16,17)10-5-8(13)4-9(14)11(10)12/h4-7,15H,14H2,1-3H3. The van der Waals surface area contributed by atoms with E-state index in [4.69, 9.17) is 17.3 Å². The van der Waals surface area contributed by atoms with Crippen molar-refractivity contribution in [3.05, 3.63) is 21.6 Å². The van der Waals surface area contributed by atoms with E-state index in [1.807, 2.05) is 20.8 Å². The highest BCUT2D eigenvalue weighted by atomic mass is 79.9. The summed E-state index contributed by atoms with van der Waals surface area (Å²) in [4.78, 5) is 0.0556. The summed E-state index contributed by atoms with van der Waals surface area (Å²) in [7, 11) is -3.64. The number of halogens is 2. The molecule has 1 aromatic rings. The van der Waals surface area contributed by atoms with Crippen LogP contribution in [-0.4, -0.2) is 14.5 Å². The van der Waals surface area contributed by atoms with Crippen molar-refractivity contribution in [2.24, 2.45) is 5.92 Å². The van der Waals surface area contributed by atoms with Crippen molar-refractivity contribution in [1.82, 2.24) is 4.72 Å². The van der Waals surface area contributed by atoms with E-state index in [-0.39, 0.29) is 21.9 Å². The zero-order valence-corrected chi connectivity index (χ0v) is 13.5. The summed E-state index contributed by atoms with van der Waals surface area (Å²) in [5.74, 6) is 0.190. The van der Waals surface area contributed by atoms with Gasteiger partial charge in [0.25, 0.3) is 0 Å². The van der Waals surface area contributed by atoms with Crippen LogP contribution in [0.1, 0.15) is 20.8 Å². The largest absolute Gasteiger partial charge is 0.398 e. The van der Waals surface area contributed by atoms with Crippen LogP contribution in [-0.2, 0) is 10.0 Å². The number of hydrogen-bond acceptors (Lipinski definition) is 3. The molecule has 102 valence electrons. The fourth-order valence-corrected chi connectivity index (χ4v) is 3.91. The van der Waals surface area contributed by atoms with Gasteiger partial charge in [0.1, 0.15) is 0 Å². The fourth-order valence-electron chi connectivity index (χ4n) is 1.22. The highest BCUT2D eigenvalue weighted by Crippen LogP contribution is 2.31. The second-order valence-corrected chi connectivity index (χ2v) is 7.37. The average molecular weight is 356 g/mol. The van der Waals surface area contributed by atoms with E-state index in [9.17, 15) is 8.42 Å². The van der Waals surface area contributed by atoms with Gasteiger partial charge >= 0.3 is 0 Å². The Bertz CT molecular complexity index is 546. The van der Waals surface area contributed by atoms with Crippen molar-refractivity contribution in [3.63, 3.8) is 0 Å². The Kier molecular flexibility index (Phi) is 5.05. The molecule has 0 aromatic heterocycles. The number of hydrogen-bond donors (Lipinski definition) is 2. The second-order valence-electron chi connectivity index (χ2n) is 4.46. The first-order valence-electron chi connectivity index (χ1n) is 5.42. The molecule has 0 saturated carbocycles. The van der Waals surface area contributed by atoms with E-state index < -0.39 is 10.0 Å². The lowest BCUT2D eigenvalue weighted by molar-refractivity contribution is 0.476. The van der Waals surface area contributed by atoms with Crippen LogP contribution >= 0.6 is 27.5 Å². The molecule has 0 spiro atoms. The van der Waals surface area contributed by atoms with Crippen LogP contribution in [0.4, 0.5) is 5.69 Å². The number of anilines is 1. The number of rotatable bonds is 4. The summed E-state index contributed by atoms with van der Waals surface area (Å²) in [6, 6.07) is 2.69. The minimum Gasteiger partial charge on any atom is -0.398 e. The SMILES string of the molecule is CC(C)C(C)NS(=O)(=O)c1cc(Cl)cc(N)c1Br. The van der Waals surface area contributed by atoms with Crippen LogP contribution in [0.15, 0.2) is 21.5 Å². The van der Waals surface area contributed by atoms with Gasteiger partial charge in [0.05, 0.1) is 9.37 Å². The molecule has 0 saturated heterocycles. The number of nitrogen functional groups attached to an aromatic ring is 1. The molecule has 1 unspecified atom stereocenters. The zero-order valence-electron chi connectivity index (χ0n) is 10.4. The van der Waals surface area contributed by atoms with Gasteiger partial charge in [-0.2, -0.15) is 0 Å². The quantitative estimate of drug-likeness (QED) is 0.816. The van der Waals surface area contributed by atoms with Crippen LogP contribution in [0, 0.1) is 5.92 Å². The molecule has 0 aliphatic rings. The molecule has 0 amide bonds. The molecule has 0 fully saturated rings. The maximum Gasteiger partial charge on any atom is 0.242 e. The van der Waals surface area contributed by atoms with Crippen molar-refractivity contribution >= 4 is 43.2 Å². The topological polar surface area (TPSA) is 72.2 Å². The van der Waals surface area contributed by atoms with Gasteiger partial charge in [-0.05, 0) is 40.9 Å². The molecule has 0 heterocycles. The smallest absolute Gasteiger partial charge is 0.242 e. The molecule has 1 atom stereocenters. The van der Waals surface area contributed by atoms with E-state index in [2.05, 4.69) is 20.7 Å². The lowest BCUT2D eigenvalue weighted by atomic mass is 10.1. The molecule has 0 bridgehead atoms. The summed E-state index contributed by atoms with van der Waals surface area (Å²) in [5, 5.41) is 0.285. The number of benzene rings is 1. The summed E-state index contributed by atoms with van der Waals surface area (Å²) in [5.41, 5.74) is 5.98. The first-order valence-corrected chi connectivity index (χ1v) is 8.07. The first-order chi connectivity index (χ1) is 8.15. The summed E-state index contributed by atoms with van der Waals surface area (Å²) < 4.78 is 27.4. The third-order valence-electron chi connectivity index (χ3n) is 2.66. The predicted octanol–water partition coefficient (Wildman–Crippen LogP) is 3.01. The van der Waals surface area contributed by atoms with Crippen LogP contribution in [0.25, 0.3) is 0 Å². The summed E-state index contributed by atoms with van der Waals surface area (Å²) in [6.07, 6.45) is 0. The van der Waals surface area contributed by atoms with Gasteiger partial charge in [-0.15, -0.1) is 0 Å². The molecular weight excluding hydrogens is 340 g/mol. The first kappa shape index (κ1) is 15.8. The van der Waals surface area contributed by atoms with Gasteiger partial charge in [-0.3, -0.25) is 0 Å². The number of nitrogens with two attached hydrogens (primary N) is 1. The second kappa shape index (κ2) is 5.77. The molecule has 18 heavy (non-hydrogen) atoms. The highest BCUT2D eigenvalue weighted by Gasteiger charge is 2.23. The maximum absolute atomic E-state index is 12.2. The molecular formula is C11H16BrClN2O2S. The van der Waals surface area contributed by atoms with Crippen molar-refractivity contribution in [2.45, 2.75) is 31.7 Å². The lowest BCUT2D eigenvalue weighted by Gasteiger charge is -2.18. The normalized spacial score (nSPS) is 13.9. The van der Waals surface area contributed by atoms with E-state index in [1.165, 1.54) is 12.1 Å². The molecule has 0 aliphatic carbocycles. The highest BCUT2D eigenvalue weighted by molar-refractivity contribution is 9.10. The van der Waals surface area contributed by atoms with Gasteiger partial charge < -0.3 is 5.73 Å². The number of nitrogens with one attached hydrogen (secondary N) is 1. The third kappa shape index (κ3) is 3.60. The Hall–Kier alpha value is -0.300. The number of sulfonamides is 1. The Morgan fingerprint density at radius 2 is 1.89 bits per heavy atom. The van der Waals surface area contributed by atoms with Gasteiger partial charge in [-0.25, -0.2) is 13.1 Å². The van der Waals surface area contributed by atoms with Crippen LogP contribution < -0.4 is 10.5 Å². The molecule has 4 nitrogen and oxygen atoms in total. The van der Waals surface area contributed by atoms with Gasteiger partial charge in [-0.1, -0.05) is 25.4 Å². The van der Waals surface area contributed by atoms with Crippen molar-refractivity contribution in [2.75, 3.05) is 5.73 Å².